The fourth-order valence-corrected chi connectivity index (χ4v) is 2.24. The van der Waals surface area contributed by atoms with Crippen molar-refractivity contribution in [2.24, 2.45) is 5.16 Å². The summed E-state index contributed by atoms with van der Waals surface area (Å²) in [6.45, 7) is 1.90. The average Bonchev–Trinajstić information content (AvgIpc) is 2.58. The summed E-state index contributed by atoms with van der Waals surface area (Å²) >= 11 is 5.83. The van der Waals surface area contributed by atoms with Crippen LogP contribution < -0.4 is 0 Å². The van der Waals surface area contributed by atoms with Crippen LogP contribution in [0, 0.1) is 4.78 Å². The highest BCUT2D eigenvalue weighted by molar-refractivity contribution is 7.60. The zero-order valence-corrected chi connectivity index (χ0v) is 15.7. The fraction of sp³-hybridized carbons (Fsp3) is 0.235. The number of benzene rings is 2. The fourth-order valence-electron chi connectivity index (χ4n) is 2.07. The second-order valence-electron chi connectivity index (χ2n) is 5.07. The summed E-state index contributed by atoms with van der Waals surface area (Å²) in [5.41, 5.74) is 0.260. The van der Waals surface area contributed by atoms with E-state index in [0.717, 1.165) is 11.6 Å². The predicted molar refractivity (Wildman–Crippen MR) is 96.2 cm³/mol. The minimum atomic E-state index is -4.48. The Morgan fingerprint density at radius 2 is 1.78 bits per heavy atom. The third kappa shape index (κ3) is 8.23. The van der Waals surface area contributed by atoms with Crippen molar-refractivity contribution >= 4 is 27.8 Å². The molecule has 0 radical (unpaired) electrons. The average molecular weight is 421 g/mol. The molecule has 2 aromatic rings. The molecule has 0 aliphatic carbocycles. The standard InChI is InChI=1S/C17H15ClF3NO.HNO2S/c1-2-16(22-23-11-12-6-4-3-5-7-12)14-10-13(18)8-9-15(14)17(19,20)21;1-4(2)3/h3-10H,2,11H2,1H3;1H/b22-16+;. The van der Waals surface area contributed by atoms with E-state index >= 15 is 0 Å². The molecule has 10 heteroatoms. The van der Waals surface area contributed by atoms with Crippen LogP contribution in [-0.4, -0.2) is 14.1 Å². The summed E-state index contributed by atoms with van der Waals surface area (Å²) in [6.07, 6.45) is -4.19. The number of alkyl halides is 3. The van der Waals surface area contributed by atoms with Gasteiger partial charge in [0.15, 0.2) is 0 Å². The molecular weight excluding hydrogens is 405 g/mol. The Kier molecular flexibility index (Phi) is 8.96. The lowest BCUT2D eigenvalue weighted by atomic mass is 10.0. The Morgan fingerprint density at radius 3 is 2.30 bits per heavy atom. The van der Waals surface area contributed by atoms with Crippen molar-refractivity contribution in [1.82, 2.24) is 0 Å². The molecule has 0 heterocycles. The SMILES string of the molecule is CC/C(=N\OCc1ccccc1)c1cc(Cl)ccc1C(F)(F)F.N=S(=O)=O. The van der Waals surface area contributed by atoms with Gasteiger partial charge in [0.25, 0.3) is 0 Å². The van der Waals surface area contributed by atoms with E-state index in [1.807, 2.05) is 30.3 Å². The lowest BCUT2D eigenvalue weighted by Gasteiger charge is -2.14. The molecule has 27 heavy (non-hydrogen) atoms. The van der Waals surface area contributed by atoms with Gasteiger partial charge in [-0.3, -0.25) is 0 Å². The second-order valence-corrected chi connectivity index (χ2v) is 5.98. The zero-order chi connectivity index (χ0) is 20.4. The maximum absolute atomic E-state index is 13.1. The quantitative estimate of drug-likeness (QED) is 0.525. The number of rotatable bonds is 5. The highest BCUT2D eigenvalue weighted by atomic mass is 35.5. The molecule has 0 amide bonds. The van der Waals surface area contributed by atoms with E-state index in [1.165, 1.54) is 12.1 Å². The van der Waals surface area contributed by atoms with Crippen LogP contribution in [0.3, 0.4) is 0 Å². The molecule has 5 nitrogen and oxygen atoms in total. The highest BCUT2D eigenvalue weighted by Gasteiger charge is 2.34. The molecule has 0 atom stereocenters. The van der Waals surface area contributed by atoms with E-state index in [0.29, 0.717) is 0 Å². The van der Waals surface area contributed by atoms with Gasteiger partial charge in [-0.05, 0) is 30.2 Å². The summed E-state index contributed by atoms with van der Waals surface area (Å²) in [5.74, 6) is 0. The Balaban J connectivity index is 0.000000828. The molecule has 0 bridgehead atoms. The van der Waals surface area contributed by atoms with Crippen molar-refractivity contribution in [3.05, 3.63) is 70.2 Å². The predicted octanol–water partition coefficient (Wildman–Crippen LogP) is 5.32. The van der Waals surface area contributed by atoms with Gasteiger partial charge in [0, 0.05) is 10.6 Å². The van der Waals surface area contributed by atoms with Crippen molar-refractivity contribution in [2.75, 3.05) is 0 Å². The smallest absolute Gasteiger partial charge is 0.391 e. The van der Waals surface area contributed by atoms with Gasteiger partial charge < -0.3 is 4.84 Å². The summed E-state index contributed by atoms with van der Waals surface area (Å²) < 4.78 is 62.2. The zero-order valence-electron chi connectivity index (χ0n) is 14.1. The summed E-state index contributed by atoms with van der Waals surface area (Å²) in [5, 5.41) is 4.10. The molecule has 146 valence electrons. The molecule has 0 unspecified atom stereocenters. The minimum absolute atomic E-state index is 0.0550. The van der Waals surface area contributed by atoms with Gasteiger partial charge in [0.1, 0.15) is 6.61 Å². The summed E-state index contributed by atoms with van der Waals surface area (Å²) in [7, 11) is -2.61. The monoisotopic (exact) mass is 420 g/mol. The topological polar surface area (TPSA) is 79.6 Å². The lowest BCUT2D eigenvalue weighted by Crippen LogP contribution is -2.13. The maximum atomic E-state index is 13.1. The summed E-state index contributed by atoms with van der Waals surface area (Å²) in [6, 6.07) is 12.7. The molecule has 0 fully saturated rings. The van der Waals surface area contributed by atoms with Crippen LogP contribution in [0.1, 0.15) is 30.0 Å². The molecule has 2 rings (SSSR count). The van der Waals surface area contributed by atoms with Crippen LogP contribution in [-0.2, 0) is 28.1 Å². The van der Waals surface area contributed by atoms with Crippen molar-refractivity contribution < 1.29 is 26.4 Å². The molecular formula is C17H16ClF3N2O3S. The van der Waals surface area contributed by atoms with E-state index in [1.54, 1.807) is 6.92 Å². The van der Waals surface area contributed by atoms with E-state index in [-0.39, 0.29) is 29.3 Å². The Hall–Kier alpha value is -2.39. The van der Waals surface area contributed by atoms with Gasteiger partial charge in [-0.15, -0.1) is 0 Å². The van der Waals surface area contributed by atoms with Crippen molar-refractivity contribution in [3.8, 4) is 0 Å². The van der Waals surface area contributed by atoms with Crippen molar-refractivity contribution in [2.45, 2.75) is 26.1 Å². The highest BCUT2D eigenvalue weighted by Crippen LogP contribution is 2.34. The van der Waals surface area contributed by atoms with Crippen LogP contribution in [0.4, 0.5) is 13.2 Å². The van der Waals surface area contributed by atoms with E-state index < -0.39 is 22.2 Å². The molecule has 0 aliphatic heterocycles. The first-order valence-electron chi connectivity index (χ1n) is 7.55. The van der Waals surface area contributed by atoms with E-state index in [2.05, 4.69) is 5.16 Å². The molecule has 0 saturated carbocycles. The van der Waals surface area contributed by atoms with Gasteiger partial charge >= 0.3 is 16.7 Å². The maximum Gasteiger partial charge on any atom is 0.417 e. The Labute approximate surface area is 160 Å². The van der Waals surface area contributed by atoms with Gasteiger partial charge in [-0.2, -0.15) is 26.4 Å². The number of hydrogen-bond donors (Lipinski definition) is 1. The lowest BCUT2D eigenvalue weighted by molar-refractivity contribution is -0.137. The third-order valence-electron chi connectivity index (χ3n) is 3.18. The van der Waals surface area contributed by atoms with Crippen LogP contribution in [0.2, 0.25) is 5.02 Å². The van der Waals surface area contributed by atoms with Crippen LogP contribution in [0.15, 0.2) is 53.7 Å². The Bertz CT molecular complexity index is 880. The van der Waals surface area contributed by atoms with Crippen molar-refractivity contribution in [1.29, 1.82) is 4.78 Å². The third-order valence-corrected chi connectivity index (χ3v) is 3.42. The van der Waals surface area contributed by atoms with Crippen LogP contribution >= 0.6 is 11.6 Å². The molecule has 0 saturated heterocycles. The molecule has 0 spiro atoms. The molecule has 1 N–H and O–H groups in total. The van der Waals surface area contributed by atoms with Gasteiger partial charge in [-0.25, -0.2) is 0 Å². The van der Waals surface area contributed by atoms with Gasteiger partial charge in [0.05, 0.1) is 11.3 Å². The molecule has 2 aromatic carbocycles. The Morgan fingerprint density at radius 1 is 1.19 bits per heavy atom. The number of nitrogens with one attached hydrogen (secondary N) is 1. The first-order chi connectivity index (χ1) is 12.6. The van der Waals surface area contributed by atoms with Crippen LogP contribution in [0.5, 0.6) is 0 Å². The van der Waals surface area contributed by atoms with Crippen molar-refractivity contribution in [3.63, 3.8) is 0 Å². The molecule has 0 aromatic heterocycles. The number of nitrogens with zero attached hydrogens (tertiary/aromatic N) is 1. The minimum Gasteiger partial charge on any atom is -0.391 e. The summed E-state index contributed by atoms with van der Waals surface area (Å²) in [4.78, 5) is 5.21. The number of hydrogen-bond acceptors (Lipinski definition) is 5. The van der Waals surface area contributed by atoms with Gasteiger partial charge in [-0.1, -0.05) is 54.0 Å². The first-order valence-corrected chi connectivity index (χ1v) is 9.00. The van der Waals surface area contributed by atoms with Gasteiger partial charge in [0.2, 0.25) is 0 Å². The normalized spacial score (nSPS) is 11.4. The largest absolute Gasteiger partial charge is 0.417 e. The molecule has 0 aliphatic rings. The number of oxime groups is 1. The second kappa shape index (κ2) is 10.7. The van der Waals surface area contributed by atoms with E-state index in [9.17, 15) is 13.2 Å². The number of halogens is 4. The van der Waals surface area contributed by atoms with Crippen LogP contribution in [0.25, 0.3) is 0 Å². The van der Waals surface area contributed by atoms with E-state index in [4.69, 9.17) is 29.6 Å². The first kappa shape index (κ1) is 22.7.